The van der Waals surface area contributed by atoms with Crippen LogP contribution in [0, 0.1) is 0 Å². The van der Waals surface area contributed by atoms with Gasteiger partial charge in [0.1, 0.15) is 11.5 Å². The molecule has 0 aromatic carbocycles. The number of imidazole rings is 1. The van der Waals surface area contributed by atoms with Crippen molar-refractivity contribution in [2.24, 2.45) is 0 Å². The Balaban J connectivity index is 2.16. The number of hydrogen-bond donors (Lipinski definition) is 0. The van der Waals surface area contributed by atoms with E-state index in [1.165, 1.54) is 0 Å². The lowest BCUT2D eigenvalue weighted by Gasteiger charge is -2.09. The van der Waals surface area contributed by atoms with Crippen LogP contribution in [0.1, 0.15) is 36.1 Å². The van der Waals surface area contributed by atoms with Crippen molar-refractivity contribution in [3.05, 3.63) is 46.7 Å². The van der Waals surface area contributed by atoms with Gasteiger partial charge in [-0.1, -0.05) is 13.8 Å². The van der Waals surface area contributed by atoms with Crippen LogP contribution in [0.15, 0.2) is 35.2 Å². The van der Waals surface area contributed by atoms with Crippen LogP contribution in [0.5, 0.6) is 0 Å². The van der Waals surface area contributed by atoms with Crippen LogP contribution in [0.2, 0.25) is 0 Å². The third kappa shape index (κ3) is 2.85. The number of Topliss-reactive ketones (excluding diaryl/α,β-unsaturated/α-hetero) is 1. The van der Waals surface area contributed by atoms with Crippen molar-refractivity contribution in [3.63, 3.8) is 0 Å². The van der Waals surface area contributed by atoms with E-state index in [2.05, 4.69) is 39.7 Å². The molecular weight excluding hydrogens is 294 g/mol. The number of halogens is 1. The maximum absolute atomic E-state index is 12.1. The van der Waals surface area contributed by atoms with E-state index in [1.807, 2.05) is 16.8 Å². The van der Waals surface area contributed by atoms with Gasteiger partial charge in [-0.15, -0.1) is 0 Å². The number of aromatic nitrogens is 3. The Bertz CT molecular complexity index is 546. The van der Waals surface area contributed by atoms with E-state index in [0.717, 1.165) is 10.3 Å². The zero-order valence-corrected chi connectivity index (χ0v) is 11.9. The highest BCUT2D eigenvalue weighted by Gasteiger charge is 2.12. The fraction of sp³-hybridized carbons (Fsp3) is 0.308. The molecule has 2 aromatic heterocycles. The van der Waals surface area contributed by atoms with Gasteiger partial charge in [0.2, 0.25) is 5.78 Å². The molecule has 2 heterocycles. The second-order valence-electron chi connectivity index (χ2n) is 4.35. The van der Waals surface area contributed by atoms with Crippen molar-refractivity contribution in [1.29, 1.82) is 0 Å². The molecule has 0 radical (unpaired) electrons. The van der Waals surface area contributed by atoms with E-state index in [9.17, 15) is 4.79 Å². The highest BCUT2D eigenvalue weighted by molar-refractivity contribution is 9.10. The first-order valence-corrected chi connectivity index (χ1v) is 6.53. The number of ketones is 1. The van der Waals surface area contributed by atoms with Gasteiger partial charge in [0.05, 0.1) is 6.54 Å². The lowest BCUT2D eigenvalue weighted by molar-refractivity contribution is 0.0966. The summed E-state index contributed by atoms with van der Waals surface area (Å²) in [5.41, 5.74) is 0.474. The molecule has 0 amide bonds. The van der Waals surface area contributed by atoms with Crippen LogP contribution < -0.4 is 0 Å². The second kappa shape index (κ2) is 5.44. The van der Waals surface area contributed by atoms with Crippen LogP contribution in [0.4, 0.5) is 0 Å². The summed E-state index contributed by atoms with van der Waals surface area (Å²) in [5, 5.41) is 0. The molecule has 0 N–H and O–H groups in total. The maximum Gasteiger partial charge on any atom is 0.200 e. The zero-order chi connectivity index (χ0) is 13.1. The summed E-state index contributed by atoms with van der Waals surface area (Å²) in [4.78, 5) is 20.4. The van der Waals surface area contributed by atoms with Gasteiger partial charge < -0.3 is 4.57 Å². The lowest BCUT2D eigenvalue weighted by Crippen LogP contribution is -2.14. The lowest BCUT2D eigenvalue weighted by atomic mass is 10.2. The molecule has 5 heteroatoms. The number of rotatable bonds is 4. The molecule has 0 aliphatic carbocycles. The molecule has 0 saturated heterocycles. The third-order valence-corrected chi connectivity index (χ3v) is 3.06. The number of nitrogens with zero attached hydrogens (tertiary/aromatic N) is 3. The quantitative estimate of drug-likeness (QED) is 0.816. The van der Waals surface area contributed by atoms with Gasteiger partial charge in [-0.3, -0.25) is 9.78 Å². The molecule has 0 spiro atoms. The topological polar surface area (TPSA) is 47.8 Å². The Hall–Kier alpha value is -1.49. The van der Waals surface area contributed by atoms with Crippen molar-refractivity contribution in [2.75, 3.05) is 0 Å². The summed E-state index contributed by atoms with van der Waals surface area (Å²) in [6.07, 6.45) is 5.17. The molecule has 0 saturated carbocycles. The summed E-state index contributed by atoms with van der Waals surface area (Å²) in [7, 11) is 0. The monoisotopic (exact) mass is 307 g/mol. The summed E-state index contributed by atoms with van der Waals surface area (Å²) in [5.74, 6) is 1.20. The predicted octanol–water partition coefficient (Wildman–Crippen LogP) is 3.05. The molecule has 0 aliphatic heterocycles. The highest BCUT2D eigenvalue weighted by Crippen LogP contribution is 2.13. The molecule has 4 nitrogen and oxygen atoms in total. The van der Waals surface area contributed by atoms with Crippen LogP contribution in [0.25, 0.3) is 0 Å². The van der Waals surface area contributed by atoms with Crippen molar-refractivity contribution in [3.8, 4) is 0 Å². The molecule has 0 fully saturated rings. The van der Waals surface area contributed by atoms with Crippen LogP contribution >= 0.6 is 15.9 Å². The average molecular weight is 308 g/mol. The van der Waals surface area contributed by atoms with Gasteiger partial charge in [0.25, 0.3) is 0 Å². The van der Waals surface area contributed by atoms with Crippen molar-refractivity contribution in [2.45, 2.75) is 26.3 Å². The number of carbonyl (C=O) groups is 1. The first-order valence-electron chi connectivity index (χ1n) is 5.73. The Labute approximate surface area is 114 Å². The Kier molecular flexibility index (Phi) is 3.91. The summed E-state index contributed by atoms with van der Waals surface area (Å²) in [6, 6.07) is 3.54. The molecule has 0 bridgehead atoms. The smallest absolute Gasteiger partial charge is 0.200 e. The fourth-order valence-corrected chi connectivity index (χ4v) is 1.97. The van der Waals surface area contributed by atoms with Gasteiger partial charge in [-0.2, -0.15) is 0 Å². The molecule has 0 atom stereocenters. The third-order valence-electron chi connectivity index (χ3n) is 2.59. The largest absolute Gasteiger partial charge is 0.327 e. The Morgan fingerprint density at radius 3 is 2.78 bits per heavy atom. The molecule has 18 heavy (non-hydrogen) atoms. The molecule has 0 unspecified atom stereocenters. The van der Waals surface area contributed by atoms with Gasteiger partial charge in [-0.25, -0.2) is 4.98 Å². The summed E-state index contributed by atoms with van der Waals surface area (Å²) in [6.45, 7) is 4.39. The molecule has 2 aromatic rings. The van der Waals surface area contributed by atoms with Gasteiger partial charge >= 0.3 is 0 Å². The number of carbonyl (C=O) groups excluding carboxylic acids is 1. The maximum atomic E-state index is 12.1. The van der Waals surface area contributed by atoms with Crippen LogP contribution in [-0.2, 0) is 6.54 Å². The van der Waals surface area contributed by atoms with E-state index < -0.39 is 0 Å². The minimum Gasteiger partial charge on any atom is -0.327 e. The summed E-state index contributed by atoms with van der Waals surface area (Å²) < 4.78 is 2.74. The van der Waals surface area contributed by atoms with E-state index in [-0.39, 0.29) is 12.3 Å². The zero-order valence-electron chi connectivity index (χ0n) is 10.3. The van der Waals surface area contributed by atoms with Crippen LogP contribution in [0.3, 0.4) is 0 Å². The van der Waals surface area contributed by atoms with E-state index in [1.54, 1.807) is 18.5 Å². The van der Waals surface area contributed by atoms with Gasteiger partial charge in [-0.05, 0) is 28.1 Å². The number of hydrogen-bond acceptors (Lipinski definition) is 3. The minimum absolute atomic E-state index is 0.0117. The first kappa shape index (κ1) is 13.0. The van der Waals surface area contributed by atoms with E-state index in [4.69, 9.17) is 0 Å². The highest BCUT2D eigenvalue weighted by atomic mass is 79.9. The Morgan fingerprint density at radius 2 is 2.17 bits per heavy atom. The first-order chi connectivity index (χ1) is 8.58. The Morgan fingerprint density at radius 1 is 1.39 bits per heavy atom. The van der Waals surface area contributed by atoms with Crippen molar-refractivity contribution < 1.29 is 4.79 Å². The predicted molar refractivity (Wildman–Crippen MR) is 72.6 cm³/mol. The minimum atomic E-state index is -0.0117. The standard InChI is InChI=1S/C13H14BrN3O/c1-9(2)13-15-5-6-17(13)8-12(18)11-4-3-10(14)7-16-11/h3-7,9H,8H2,1-2H3. The van der Waals surface area contributed by atoms with Gasteiger partial charge in [0, 0.05) is 29.0 Å². The van der Waals surface area contributed by atoms with Crippen LogP contribution in [-0.4, -0.2) is 20.3 Å². The van der Waals surface area contributed by atoms with Gasteiger partial charge in [0.15, 0.2) is 0 Å². The summed E-state index contributed by atoms with van der Waals surface area (Å²) >= 11 is 3.30. The SMILES string of the molecule is CC(C)c1nccn1CC(=O)c1ccc(Br)cn1. The van der Waals surface area contributed by atoms with Crippen molar-refractivity contribution in [1.82, 2.24) is 14.5 Å². The average Bonchev–Trinajstić information content (AvgIpc) is 2.78. The van der Waals surface area contributed by atoms with E-state index >= 15 is 0 Å². The van der Waals surface area contributed by atoms with E-state index in [0.29, 0.717) is 11.6 Å². The fourth-order valence-electron chi connectivity index (χ4n) is 1.73. The number of pyridine rings is 1. The molecule has 0 aliphatic rings. The van der Waals surface area contributed by atoms with Crippen molar-refractivity contribution >= 4 is 21.7 Å². The normalized spacial score (nSPS) is 10.9. The molecular formula is C13H14BrN3O. The molecule has 2 rings (SSSR count). The molecule has 94 valence electrons. The second-order valence-corrected chi connectivity index (χ2v) is 5.27.